The van der Waals surface area contributed by atoms with Crippen LogP contribution in [0.2, 0.25) is 0 Å². The zero-order chi connectivity index (χ0) is 12.6. The minimum atomic E-state index is -0.113. The largest absolute Gasteiger partial charge is 0.136 e. The van der Waals surface area contributed by atoms with Crippen molar-refractivity contribution in [1.29, 1.82) is 0 Å². The second-order valence-corrected chi connectivity index (χ2v) is 4.55. The summed E-state index contributed by atoms with van der Waals surface area (Å²) in [6, 6.07) is 19.8. The molecule has 0 atom stereocenters. The molecule has 0 nitrogen and oxygen atoms in total. The second kappa shape index (κ2) is 6.70. The Labute approximate surface area is 116 Å². The maximum Gasteiger partial charge on any atom is 0.136 e. The Balaban J connectivity index is 2.04. The lowest BCUT2D eigenvalue weighted by Crippen LogP contribution is -1.87. The Morgan fingerprint density at radius 1 is 0.667 bits per heavy atom. The van der Waals surface area contributed by atoms with Crippen LogP contribution in [0, 0.1) is 23.7 Å². The van der Waals surface area contributed by atoms with Gasteiger partial charge in [0.2, 0.25) is 0 Å². The third-order valence-electron chi connectivity index (χ3n) is 2.23. The zero-order valence-corrected chi connectivity index (χ0v) is 11.3. The summed E-state index contributed by atoms with van der Waals surface area (Å²) >= 11 is 3.45. The van der Waals surface area contributed by atoms with E-state index in [1.807, 2.05) is 60.7 Å². The quantitative estimate of drug-likeness (QED) is 0.511. The van der Waals surface area contributed by atoms with Gasteiger partial charge in [-0.25, -0.2) is 0 Å². The van der Waals surface area contributed by atoms with E-state index in [1.165, 1.54) is 0 Å². The molecule has 0 radical (unpaired) electrons. The molecule has 0 fully saturated rings. The summed E-state index contributed by atoms with van der Waals surface area (Å²) in [5, 5.41) is 0. The van der Waals surface area contributed by atoms with E-state index >= 15 is 0 Å². The van der Waals surface area contributed by atoms with Crippen LogP contribution in [0.5, 0.6) is 0 Å². The summed E-state index contributed by atoms with van der Waals surface area (Å²) in [5.74, 6) is 12.3. The van der Waals surface area contributed by atoms with Gasteiger partial charge in [0.15, 0.2) is 0 Å². The molecule has 0 bridgehead atoms. The average molecular weight is 295 g/mol. The van der Waals surface area contributed by atoms with Gasteiger partial charge in [-0.05, 0) is 24.3 Å². The maximum absolute atomic E-state index is 3.45. The monoisotopic (exact) mass is 294 g/mol. The maximum atomic E-state index is 3.45. The van der Waals surface area contributed by atoms with Gasteiger partial charge < -0.3 is 0 Å². The van der Waals surface area contributed by atoms with E-state index in [4.69, 9.17) is 0 Å². The van der Waals surface area contributed by atoms with Gasteiger partial charge in [-0.3, -0.25) is 0 Å². The highest BCUT2D eigenvalue weighted by atomic mass is 79.9. The first-order chi connectivity index (χ1) is 8.84. The molecule has 0 aliphatic heterocycles. The van der Waals surface area contributed by atoms with E-state index in [1.54, 1.807) is 0 Å². The fourth-order valence-corrected chi connectivity index (χ4v) is 1.60. The lowest BCUT2D eigenvalue weighted by atomic mass is 10.2. The molecular formula is C17H11Br. The molecule has 0 aromatic heterocycles. The zero-order valence-electron chi connectivity index (χ0n) is 9.73. The van der Waals surface area contributed by atoms with Gasteiger partial charge >= 0.3 is 0 Å². The van der Waals surface area contributed by atoms with Gasteiger partial charge in [0, 0.05) is 11.1 Å². The standard InChI is InChI=1S/C17H11Br/c18-17(13-11-15-7-3-1-4-8-15)14-12-16-9-5-2-6-10-16/h1-10,17H. The van der Waals surface area contributed by atoms with Crippen molar-refractivity contribution < 1.29 is 0 Å². The fourth-order valence-electron chi connectivity index (χ4n) is 1.37. The highest BCUT2D eigenvalue weighted by molar-refractivity contribution is 9.09. The average Bonchev–Trinajstić information content (AvgIpc) is 2.45. The van der Waals surface area contributed by atoms with Gasteiger partial charge in [0.25, 0.3) is 0 Å². The predicted molar refractivity (Wildman–Crippen MR) is 79.4 cm³/mol. The van der Waals surface area contributed by atoms with Gasteiger partial charge in [-0.15, -0.1) is 0 Å². The van der Waals surface area contributed by atoms with Crippen molar-refractivity contribution in [3.05, 3.63) is 71.8 Å². The molecule has 0 saturated carbocycles. The topological polar surface area (TPSA) is 0 Å². The first-order valence-corrected chi connectivity index (χ1v) is 6.53. The Morgan fingerprint density at radius 3 is 1.44 bits per heavy atom. The molecule has 0 aliphatic carbocycles. The normalized spacial score (nSPS) is 9.00. The van der Waals surface area contributed by atoms with Crippen molar-refractivity contribution >= 4 is 15.9 Å². The van der Waals surface area contributed by atoms with E-state index < -0.39 is 0 Å². The molecule has 18 heavy (non-hydrogen) atoms. The van der Waals surface area contributed by atoms with E-state index in [-0.39, 0.29) is 4.83 Å². The smallest absolute Gasteiger partial charge is 0.0696 e. The van der Waals surface area contributed by atoms with E-state index in [2.05, 4.69) is 39.6 Å². The van der Waals surface area contributed by atoms with Crippen LogP contribution >= 0.6 is 15.9 Å². The van der Waals surface area contributed by atoms with E-state index in [9.17, 15) is 0 Å². The first kappa shape index (κ1) is 12.5. The number of alkyl halides is 1. The Hall–Kier alpha value is -1.96. The number of rotatable bonds is 0. The molecule has 1 heteroatoms. The molecule has 0 heterocycles. The van der Waals surface area contributed by atoms with Gasteiger partial charge in [0.1, 0.15) is 4.83 Å². The predicted octanol–water partition coefficient (Wildman–Crippen LogP) is 3.85. The summed E-state index contributed by atoms with van der Waals surface area (Å²) in [6.07, 6.45) is 0. The summed E-state index contributed by atoms with van der Waals surface area (Å²) in [4.78, 5) is -0.113. The Bertz CT molecular complexity index is 549. The van der Waals surface area contributed by atoms with Crippen LogP contribution in [-0.4, -0.2) is 4.83 Å². The Kier molecular flexibility index (Phi) is 4.65. The van der Waals surface area contributed by atoms with Crippen molar-refractivity contribution in [3.63, 3.8) is 0 Å². The molecule has 2 rings (SSSR count). The molecule has 86 valence electrons. The molecule has 0 amide bonds. The summed E-state index contributed by atoms with van der Waals surface area (Å²) < 4.78 is 0. The third-order valence-corrected chi connectivity index (χ3v) is 2.69. The number of halogens is 1. The molecule has 0 N–H and O–H groups in total. The van der Waals surface area contributed by atoms with Crippen LogP contribution < -0.4 is 0 Å². The lowest BCUT2D eigenvalue weighted by molar-refractivity contribution is 1.58. The Morgan fingerprint density at radius 2 is 1.06 bits per heavy atom. The van der Waals surface area contributed by atoms with Gasteiger partial charge in [-0.2, -0.15) is 0 Å². The van der Waals surface area contributed by atoms with Gasteiger partial charge in [-0.1, -0.05) is 76.0 Å². The van der Waals surface area contributed by atoms with Crippen LogP contribution in [0.15, 0.2) is 60.7 Å². The van der Waals surface area contributed by atoms with Gasteiger partial charge in [0.05, 0.1) is 0 Å². The fraction of sp³-hybridized carbons (Fsp3) is 0.0588. The number of hydrogen-bond donors (Lipinski definition) is 0. The van der Waals surface area contributed by atoms with E-state index in [0.29, 0.717) is 0 Å². The van der Waals surface area contributed by atoms with Crippen molar-refractivity contribution in [2.45, 2.75) is 4.83 Å². The molecule has 2 aromatic rings. The van der Waals surface area contributed by atoms with Crippen molar-refractivity contribution in [1.82, 2.24) is 0 Å². The lowest BCUT2D eigenvalue weighted by Gasteiger charge is -1.90. The highest BCUT2D eigenvalue weighted by Crippen LogP contribution is 2.00. The van der Waals surface area contributed by atoms with Crippen molar-refractivity contribution in [2.24, 2.45) is 0 Å². The number of hydrogen-bond acceptors (Lipinski definition) is 0. The van der Waals surface area contributed by atoms with Crippen LogP contribution in [0.1, 0.15) is 11.1 Å². The summed E-state index contributed by atoms with van der Waals surface area (Å²) in [5.41, 5.74) is 2.01. The van der Waals surface area contributed by atoms with Crippen molar-refractivity contribution in [2.75, 3.05) is 0 Å². The van der Waals surface area contributed by atoms with E-state index in [0.717, 1.165) is 11.1 Å². The molecule has 0 spiro atoms. The highest BCUT2D eigenvalue weighted by Gasteiger charge is 1.91. The van der Waals surface area contributed by atoms with Crippen LogP contribution in [0.25, 0.3) is 0 Å². The number of benzene rings is 2. The van der Waals surface area contributed by atoms with Crippen LogP contribution in [0.4, 0.5) is 0 Å². The first-order valence-electron chi connectivity index (χ1n) is 5.62. The molecule has 2 aromatic carbocycles. The summed E-state index contributed by atoms with van der Waals surface area (Å²) in [7, 11) is 0. The van der Waals surface area contributed by atoms with Crippen molar-refractivity contribution in [3.8, 4) is 23.7 Å². The summed E-state index contributed by atoms with van der Waals surface area (Å²) in [6.45, 7) is 0. The minimum absolute atomic E-state index is 0.113. The van der Waals surface area contributed by atoms with Crippen LogP contribution in [-0.2, 0) is 0 Å². The molecule has 0 saturated heterocycles. The molecule has 0 unspecified atom stereocenters. The molecule has 0 aliphatic rings. The second-order valence-electron chi connectivity index (χ2n) is 3.63. The SMILES string of the molecule is BrC(C#Cc1ccccc1)C#Cc1ccccc1. The van der Waals surface area contributed by atoms with Crippen LogP contribution in [0.3, 0.4) is 0 Å². The minimum Gasteiger partial charge on any atom is -0.0696 e. The molecular weight excluding hydrogens is 284 g/mol. The third kappa shape index (κ3) is 4.13.